The zero-order valence-electron chi connectivity index (χ0n) is 16.8. The van der Waals surface area contributed by atoms with Gasteiger partial charge in [-0.25, -0.2) is 4.98 Å². The number of guanidine groups is 1. The molecule has 27 heavy (non-hydrogen) atoms. The number of hydrogen-bond acceptors (Lipinski definition) is 4. The second-order valence-electron chi connectivity index (χ2n) is 7.75. The summed E-state index contributed by atoms with van der Waals surface area (Å²) in [7, 11) is 1.87. The van der Waals surface area contributed by atoms with Crippen molar-refractivity contribution in [1.29, 1.82) is 0 Å². The first-order chi connectivity index (χ1) is 13.3. The Morgan fingerprint density at radius 3 is 2.93 bits per heavy atom. The van der Waals surface area contributed by atoms with Crippen molar-refractivity contribution in [1.82, 2.24) is 19.8 Å². The number of imidazole rings is 1. The number of aliphatic imine (C=N–C) groups is 1. The normalized spacial score (nSPS) is 25.0. The maximum Gasteiger partial charge on any atom is 0.193 e. The van der Waals surface area contributed by atoms with E-state index in [-0.39, 0.29) is 0 Å². The van der Waals surface area contributed by atoms with Gasteiger partial charge >= 0.3 is 0 Å². The molecule has 2 aliphatic heterocycles. The van der Waals surface area contributed by atoms with Gasteiger partial charge in [0.05, 0.1) is 12.4 Å². The average molecular weight is 378 g/mol. The number of likely N-dealkylation sites (tertiary alicyclic amines) is 1. The SMILES string of the molecule is CN=C(NCCCOCC1CCOCC1)N1CCC(C)C(n2ccnc2)C1. The standard InChI is InChI=1S/C20H35N5O2/c1-17-4-9-24(14-19(17)25-10-8-22-16-25)20(21-2)23-7-3-11-27-15-18-5-12-26-13-6-18/h8,10,16-19H,3-7,9,11-15H2,1-2H3,(H,21,23). The van der Waals surface area contributed by atoms with Crippen molar-refractivity contribution in [2.24, 2.45) is 16.8 Å². The summed E-state index contributed by atoms with van der Waals surface area (Å²) < 4.78 is 13.5. The van der Waals surface area contributed by atoms with Gasteiger partial charge in [0, 0.05) is 65.5 Å². The Morgan fingerprint density at radius 2 is 2.19 bits per heavy atom. The molecule has 3 heterocycles. The van der Waals surface area contributed by atoms with Crippen LogP contribution in [0.2, 0.25) is 0 Å². The van der Waals surface area contributed by atoms with Gasteiger partial charge in [-0.15, -0.1) is 0 Å². The highest BCUT2D eigenvalue weighted by Crippen LogP contribution is 2.27. The Hall–Kier alpha value is -1.60. The number of piperidine rings is 1. The van der Waals surface area contributed by atoms with E-state index in [4.69, 9.17) is 9.47 Å². The van der Waals surface area contributed by atoms with Gasteiger partial charge in [0.1, 0.15) is 0 Å². The van der Waals surface area contributed by atoms with Crippen molar-refractivity contribution in [3.8, 4) is 0 Å². The minimum atomic E-state index is 0.447. The predicted molar refractivity (Wildman–Crippen MR) is 107 cm³/mol. The third-order valence-corrected chi connectivity index (χ3v) is 5.78. The minimum absolute atomic E-state index is 0.447. The van der Waals surface area contributed by atoms with Crippen LogP contribution in [-0.2, 0) is 9.47 Å². The van der Waals surface area contributed by atoms with Crippen LogP contribution in [0, 0.1) is 11.8 Å². The van der Waals surface area contributed by atoms with E-state index in [1.54, 1.807) is 0 Å². The van der Waals surface area contributed by atoms with Crippen LogP contribution < -0.4 is 5.32 Å². The number of hydrogen-bond donors (Lipinski definition) is 1. The fourth-order valence-corrected chi connectivity index (χ4v) is 3.96. The first-order valence-corrected chi connectivity index (χ1v) is 10.4. The smallest absolute Gasteiger partial charge is 0.193 e. The van der Waals surface area contributed by atoms with Crippen LogP contribution in [0.5, 0.6) is 0 Å². The number of nitrogens with zero attached hydrogens (tertiary/aromatic N) is 4. The molecular formula is C20H35N5O2. The lowest BCUT2D eigenvalue weighted by molar-refractivity contribution is 0.0203. The molecule has 0 aliphatic carbocycles. The lowest BCUT2D eigenvalue weighted by Crippen LogP contribution is -2.49. The Labute approximate surface area is 163 Å². The van der Waals surface area contributed by atoms with E-state index in [0.717, 1.165) is 77.7 Å². The van der Waals surface area contributed by atoms with E-state index in [2.05, 4.69) is 37.9 Å². The number of ether oxygens (including phenoxy) is 2. The molecular weight excluding hydrogens is 342 g/mol. The highest BCUT2D eigenvalue weighted by atomic mass is 16.5. The van der Waals surface area contributed by atoms with E-state index < -0.39 is 0 Å². The van der Waals surface area contributed by atoms with Crippen LogP contribution in [0.3, 0.4) is 0 Å². The second-order valence-corrected chi connectivity index (χ2v) is 7.75. The molecule has 1 aromatic rings. The Morgan fingerprint density at radius 1 is 1.33 bits per heavy atom. The maximum absolute atomic E-state index is 5.85. The second kappa shape index (κ2) is 10.7. The third kappa shape index (κ3) is 5.94. The Kier molecular flexibility index (Phi) is 7.95. The summed E-state index contributed by atoms with van der Waals surface area (Å²) in [4.78, 5) is 11.1. The lowest BCUT2D eigenvalue weighted by Gasteiger charge is -2.39. The Bertz CT molecular complexity index is 557. The molecule has 0 saturated carbocycles. The average Bonchev–Trinajstić information content (AvgIpc) is 3.23. The Balaban J connectivity index is 1.36. The van der Waals surface area contributed by atoms with E-state index in [1.807, 2.05) is 19.6 Å². The summed E-state index contributed by atoms with van der Waals surface area (Å²) in [6.45, 7) is 8.69. The van der Waals surface area contributed by atoms with Crippen molar-refractivity contribution >= 4 is 5.96 Å². The van der Waals surface area contributed by atoms with E-state index in [0.29, 0.717) is 17.9 Å². The highest BCUT2D eigenvalue weighted by molar-refractivity contribution is 5.80. The number of rotatable bonds is 7. The number of nitrogens with one attached hydrogen (secondary N) is 1. The summed E-state index contributed by atoms with van der Waals surface area (Å²) in [5, 5.41) is 3.51. The van der Waals surface area contributed by atoms with Gasteiger partial charge in [0.2, 0.25) is 0 Å². The molecule has 0 aromatic carbocycles. The van der Waals surface area contributed by atoms with Crippen LogP contribution in [0.15, 0.2) is 23.7 Å². The van der Waals surface area contributed by atoms with Gasteiger partial charge in [0.15, 0.2) is 5.96 Å². The molecule has 2 atom stereocenters. The molecule has 2 fully saturated rings. The summed E-state index contributed by atoms with van der Waals surface area (Å²) >= 11 is 0. The minimum Gasteiger partial charge on any atom is -0.381 e. The molecule has 1 N–H and O–H groups in total. The molecule has 1 aromatic heterocycles. The van der Waals surface area contributed by atoms with Gasteiger partial charge in [-0.05, 0) is 37.5 Å². The molecule has 0 amide bonds. The summed E-state index contributed by atoms with van der Waals surface area (Å²) in [6.07, 6.45) is 10.3. The molecule has 2 unspecified atom stereocenters. The highest BCUT2D eigenvalue weighted by Gasteiger charge is 2.28. The number of aromatic nitrogens is 2. The van der Waals surface area contributed by atoms with Crippen LogP contribution >= 0.6 is 0 Å². The molecule has 0 radical (unpaired) electrons. The fraction of sp³-hybridized carbons (Fsp3) is 0.800. The molecule has 3 rings (SSSR count). The van der Waals surface area contributed by atoms with Gasteiger partial charge in [-0.3, -0.25) is 4.99 Å². The quantitative estimate of drug-likeness (QED) is 0.448. The van der Waals surface area contributed by atoms with E-state index >= 15 is 0 Å². The molecule has 0 spiro atoms. The maximum atomic E-state index is 5.85. The lowest BCUT2D eigenvalue weighted by atomic mass is 9.93. The van der Waals surface area contributed by atoms with Crippen LogP contribution in [0.4, 0.5) is 0 Å². The van der Waals surface area contributed by atoms with E-state index in [1.165, 1.54) is 0 Å². The van der Waals surface area contributed by atoms with Gasteiger partial charge < -0.3 is 24.3 Å². The van der Waals surface area contributed by atoms with Crippen LogP contribution in [-0.4, -0.2) is 73.5 Å². The van der Waals surface area contributed by atoms with Crippen molar-refractivity contribution in [2.75, 3.05) is 53.1 Å². The predicted octanol–water partition coefficient (Wildman–Crippen LogP) is 2.17. The zero-order chi connectivity index (χ0) is 18.9. The van der Waals surface area contributed by atoms with Crippen molar-refractivity contribution in [2.45, 2.75) is 38.6 Å². The molecule has 152 valence electrons. The molecule has 0 bridgehead atoms. The van der Waals surface area contributed by atoms with Crippen LogP contribution in [0.1, 0.15) is 38.6 Å². The molecule has 7 nitrogen and oxygen atoms in total. The monoisotopic (exact) mass is 377 g/mol. The van der Waals surface area contributed by atoms with Gasteiger partial charge in [0.25, 0.3) is 0 Å². The zero-order valence-corrected chi connectivity index (χ0v) is 16.8. The van der Waals surface area contributed by atoms with Crippen molar-refractivity contribution in [3.63, 3.8) is 0 Å². The van der Waals surface area contributed by atoms with Crippen molar-refractivity contribution in [3.05, 3.63) is 18.7 Å². The van der Waals surface area contributed by atoms with Crippen LogP contribution in [0.25, 0.3) is 0 Å². The largest absolute Gasteiger partial charge is 0.381 e. The van der Waals surface area contributed by atoms with Gasteiger partial charge in [-0.2, -0.15) is 0 Å². The van der Waals surface area contributed by atoms with Crippen molar-refractivity contribution < 1.29 is 9.47 Å². The summed E-state index contributed by atoms with van der Waals surface area (Å²) in [6, 6.07) is 0.447. The third-order valence-electron chi connectivity index (χ3n) is 5.78. The molecule has 2 saturated heterocycles. The molecule has 2 aliphatic rings. The first kappa shape index (κ1) is 20.1. The summed E-state index contributed by atoms with van der Waals surface area (Å²) in [5.74, 6) is 2.32. The molecule has 7 heteroatoms. The fourth-order valence-electron chi connectivity index (χ4n) is 3.96. The van der Waals surface area contributed by atoms with E-state index in [9.17, 15) is 0 Å². The summed E-state index contributed by atoms with van der Waals surface area (Å²) in [5.41, 5.74) is 0. The van der Waals surface area contributed by atoms with Gasteiger partial charge in [-0.1, -0.05) is 6.92 Å². The first-order valence-electron chi connectivity index (χ1n) is 10.4. The topological polar surface area (TPSA) is 63.9 Å².